The zero-order valence-electron chi connectivity index (χ0n) is 9.79. The lowest BCUT2D eigenvalue weighted by Crippen LogP contribution is -2.34. The van der Waals surface area contributed by atoms with Crippen molar-refractivity contribution in [3.05, 3.63) is 29.8 Å². The third-order valence-corrected chi connectivity index (χ3v) is 2.32. The Labute approximate surface area is 96.2 Å². The minimum atomic E-state index is -0.191. The summed E-state index contributed by atoms with van der Waals surface area (Å²) in [4.78, 5) is 11.5. The van der Waals surface area contributed by atoms with Crippen LogP contribution >= 0.6 is 0 Å². The predicted molar refractivity (Wildman–Crippen MR) is 66.4 cm³/mol. The topological polar surface area (TPSA) is 67.2 Å². The van der Waals surface area contributed by atoms with E-state index in [0.717, 1.165) is 5.69 Å². The van der Waals surface area contributed by atoms with Gasteiger partial charge in [-0.2, -0.15) is 0 Å². The van der Waals surface area contributed by atoms with Gasteiger partial charge in [-0.25, -0.2) is 4.79 Å². The molecule has 1 unspecified atom stereocenters. The minimum absolute atomic E-state index is 0.191. The molecule has 0 heterocycles. The molecule has 0 aromatic heterocycles. The van der Waals surface area contributed by atoms with Crippen LogP contribution in [-0.2, 0) is 0 Å². The smallest absolute Gasteiger partial charge is 0.319 e. The van der Waals surface area contributed by atoms with Crippen LogP contribution in [0, 0.1) is 12.8 Å². The van der Waals surface area contributed by atoms with Gasteiger partial charge in [0.1, 0.15) is 0 Å². The fourth-order valence-electron chi connectivity index (χ4n) is 1.16. The molecule has 0 fully saturated rings. The highest BCUT2D eigenvalue weighted by Crippen LogP contribution is 2.07. The lowest BCUT2D eigenvalue weighted by atomic mass is 10.2. The molecule has 4 nitrogen and oxygen atoms in total. The van der Waals surface area contributed by atoms with Gasteiger partial charge in [0.05, 0.1) is 0 Å². The summed E-state index contributed by atoms with van der Waals surface area (Å²) >= 11 is 0. The molecule has 4 heteroatoms. The molecule has 1 aromatic rings. The number of hydrogen-bond donors (Lipinski definition) is 3. The summed E-state index contributed by atoms with van der Waals surface area (Å²) in [5.41, 5.74) is 7.42. The average Bonchev–Trinajstić information content (AvgIpc) is 2.29. The molecule has 1 rings (SSSR count). The van der Waals surface area contributed by atoms with E-state index in [1.54, 1.807) is 0 Å². The van der Waals surface area contributed by atoms with E-state index in [1.165, 1.54) is 5.56 Å². The molecule has 88 valence electrons. The van der Waals surface area contributed by atoms with Crippen molar-refractivity contribution < 1.29 is 4.79 Å². The maximum atomic E-state index is 11.5. The van der Waals surface area contributed by atoms with Gasteiger partial charge in [-0.1, -0.05) is 24.6 Å². The largest absolute Gasteiger partial charge is 0.338 e. The summed E-state index contributed by atoms with van der Waals surface area (Å²) in [6.45, 7) is 5.16. The van der Waals surface area contributed by atoms with Gasteiger partial charge in [0.15, 0.2) is 0 Å². The Balaban J connectivity index is 2.37. The van der Waals surface area contributed by atoms with Gasteiger partial charge in [0.25, 0.3) is 0 Å². The van der Waals surface area contributed by atoms with Crippen LogP contribution in [-0.4, -0.2) is 19.1 Å². The molecule has 2 amide bonds. The highest BCUT2D eigenvalue weighted by atomic mass is 16.2. The lowest BCUT2D eigenvalue weighted by molar-refractivity contribution is 0.250. The van der Waals surface area contributed by atoms with Gasteiger partial charge in [-0.05, 0) is 31.5 Å². The number of rotatable bonds is 4. The van der Waals surface area contributed by atoms with E-state index in [4.69, 9.17) is 5.73 Å². The number of urea groups is 1. The first-order chi connectivity index (χ1) is 7.61. The van der Waals surface area contributed by atoms with E-state index in [9.17, 15) is 4.79 Å². The Morgan fingerprint density at radius 2 is 2.00 bits per heavy atom. The molecule has 0 aliphatic carbocycles. The third kappa shape index (κ3) is 4.31. The number of aryl methyl sites for hydroxylation is 1. The first-order valence-corrected chi connectivity index (χ1v) is 5.43. The zero-order valence-corrected chi connectivity index (χ0v) is 9.79. The normalized spacial score (nSPS) is 11.9. The maximum Gasteiger partial charge on any atom is 0.319 e. The van der Waals surface area contributed by atoms with Gasteiger partial charge in [0.2, 0.25) is 0 Å². The molecular formula is C12H19N3O. The molecule has 1 aromatic carbocycles. The Morgan fingerprint density at radius 3 is 2.56 bits per heavy atom. The van der Waals surface area contributed by atoms with Crippen molar-refractivity contribution in [2.45, 2.75) is 13.8 Å². The standard InChI is InChI=1S/C12H19N3O/c1-9-3-5-11(6-4-9)15-12(16)14-8-10(2)7-13/h3-6,10H,7-8,13H2,1-2H3,(H2,14,15,16). The Hall–Kier alpha value is -1.55. The van der Waals surface area contributed by atoms with Gasteiger partial charge in [0, 0.05) is 12.2 Å². The van der Waals surface area contributed by atoms with Crippen molar-refractivity contribution in [1.82, 2.24) is 5.32 Å². The maximum absolute atomic E-state index is 11.5. The van der Waals surface area contributed by atoms with E-state index < -0.39 is 0 Å². The first kappa shape index (κ1) is 12.5. The second kappa shape index (κ2) is 6.12. The van der Waals surface area contributed by atoms with Crippen molar-refractivity contribution in [3.63, 3.8) is 0 Å². The second-order valence-electron chi connectivity index (χ2n) is 4.04. The van der Waals surface area contributed by atoms with E-state index in [-0.39, 0.29) is 6.03 Å². The van der Waals surface area contributed by atoms with Crippen LogP contribution < -0.4 is 16.4 Å². The quantitative estimate of drug-likeness (QED) is 0.724. The number of carbonyl (C=O) groups excluding carboxylic acids is 1. The van der Waals surface area contributed by atoms with Crippen molar-refractivity contribution in [1.29, 1.82) is 0 Å². The Bertz CT molecular complexity index is 335. The minimum Gasteiger partial charge on any atom is -0.338 e. The van der Waals surface area contributed by atoms with Crippen LogP contribution in [0.25, 0.3) is 0 Å². The summed E-state index contributed by atoms with van der Waals surface area (Å²) in [5.74, 6) is 0.295. The SMILES string of the molecule is Cc1ccc(NC(=O)NCC(C)CN)cc1. The van der Waals surface area contributed by atoms with Crippen LogP contribution in [0.2, 0.25) is 0 Å². The molecular weight excluding hydrogens is 202 g/mol. The van der Waals surface area contributed by atoms with E-state index in [0.29, 0.717) is 19.0 Å². The fourth-order valence-corrected chi connectivity index (χ4v) is 1.16. The molecule has 0 aliphatic heterocycles. The van der Waals surface area contributed by atoms with Gasteiger partial charge >= 0.3 is 6.03 Å². The highest BCUT2D eigenvalue weighted by Gasteiger charge is 2.03. The Kier molecular flexibility index (Phi) is 4.79. The summed E-state index contributed by atoms with van der Waals surface area (Å²) < 4.78 is 0. The number of nitrogens with two attached hydrogens (primary N) is 1. The zero-order chi connectivity index (χ0) is 12.0. The molecule has 16 heavy (non-hydrogen) atoms. The molecule has 0 spiro atoms. The highest BCUT2D eigenvalue weighted by molar-refractivity contribution is 5.89. The molecule has 1 atom stereocenters. The fraction of sp³-hybridized carbons (Fsp3) is 0.417. The van der Waals surface area contributed by atoms with Crippen molar-refractivity contribution in [2.75, 3.05) is 18.4 Å². The van der Waals surface area contributed by atoms with E-state index >= 15 is 0 Å². The van der Waals surface area contributed by atoms with Gasteiger partial charge in [-0.15, -0.1) is 0 Å². The average molecular weight is 221 g/mol. The summed E-state index contributed by atoms with van der Waals surface area (Å²) in [6.07, 6.45) is 0. The lowest BCUT2D eigenvalue weighted by Gasteiger charge is -2.11. The van der Waals surface area contributed by atoms with E-state index in [2.05, 4.69) is 10.6 Å². The molecule has 0 saturated heterocycles. The number of hydrogen-bond acceptors (Lipinski definition) is 2. The third-order valence-electron chi connectivity index (χ3n) is 2.32. The molecule has 0 bridgehead atoms. The summed E-state index contributed by atoms with van der Waals surface area (Å²) in [6, 6.07) is 7.47. The second-order valence-corrected chi connectivity index (χ2v) is 4.04. The van der Waals surface area contributed by atoms with Gasteiger partial charge in [-0.3, -0.25) is 0 Å². The van der Waals surface area contributed by atoms with Crippen molar-refractivity contribution in [3.8, 4) is 0 Å². The number of carbonyl (C=O) groups is 1. The van der Waals surface area contributed by atoms with Crippen LogP contribution in [0.5, 0.6) is 0 Å². The monoisotopic (exact) mass is 221 g/mol. The van der Waals surface area contributed by atoms with Crippen molar-refractivity contribution in [2.24, 2.45) is 11.7 Å². The van der Waals surface area contributed by atoms with E-state index in [1.807, 2.05) is 38.1 Å². The molecule has 0 radical (unpaired) electrons. The number of anilines is 1. The number of amides is 2. The van der Waals surface area contributed by atoms with Gasteiger partial charge < -0.3 is 16.4 Å². The first-order valence-electron chi connectivity index (χ1n) is 5.43. The van der Waals surface area contributed by atoms with Crippen LogP contribution in [0.3, 0.4) is 0 Å². The molecule has 0 aliphatic rings. The molecule has 4 N–H and O–H groups in total. The van der Waals surface area contributed by atoms with Crippen LogP contribution in [0.4, 0.5) is 10.5 Å². The summed E-state index contributed by atoms with van der Waals surface area (Å²) in [5, 5.41) is 5.52. The van der Waals surface area contributed by atoms with Crippen molar-refractivity contribution >= 4 is 11.7 Å². The van der Waals surface area contributed by atoms with Crippen LogP contribution in [0.15, 0.2) is 24.3 Å². The Morgan fingerprint density at radius 1 is 1.38 bits per heavy atom. The molecule has 0 saturated carbocycles. The number of benzene rings is 1. The summed E-state index contributed by atoms with van der Waals surface area (Å²) in [7, 11) is 0. The van der Waals surface area contributed by atoms with Crippen LogP contribution in [0.1, 0.15) is 12.5 Å². The number of nitrogens with one attached hydrogen (secondary N) is 2. The predicted octanol–water partition coefficient (Wildman–Crippen LogP) is 1.71.